The number of benzene rings is 1. The van der Waals surface area contributed by atoms with Crippen molar-refractivity contribution in [1.29, 1.82) is 0 Å². The lowest BCUT2D eigenvalue weighted by Crippen LogP contribution is -2.27. The van der Waals surface area contributed by atoms with Gasteiger partial charge in [0.2, 0.25) is 5.91 Å². The number of halogens is 1. The first-order chi connectivity index (χ1) is 8.60. The van der Waals surface area contributed by atoms with Crippen molar-refractivity contribution in [3.63, 3.8) is 0 Å². The van der Waals surface area contributed by atoms with Gasteiger partial charge in [-0.3, -0.25) is 4.79 Å². The van der Waals surface area contributed by atoms with Crippen LogP contribution in [0.5, 0.6) is 5.75 Å². The molecule has 5 heteroatoms. The predicted molar refractivity (Wildman–Crippen MR) is 67.1 cm³/mol. The molecule has 1 aromatic rings. The maximum absolute atomic E-state index is 13.3. The van der Waals surface area contributed by atoms with Crippen LogP contribution >= 0.6 is 0 Å². The van der Waals surface area contributed by atoms with Crippen LogP contribution in [-0.2, 0) is 4.79 Å². The molecule has 2 atom stereocenters. The van der Waals surface area contributed by atoms with Gasteiger partial charge in [-0.05, 0) is 18.5 Å². The van der Waals surface area contributed by atoms with Gasteiger partial charge < -0.3 is 15.4 Å². The van der Waals surface area contributed by atoms with E-state index in [9.17, 15) is 9.18 Å². The van der Waals surface area contributed by atoms with Crippen LogP contribution in [0.4, 0.5) is 10.1 Å². The molecular weight excluding hydrogens is 235 g/mol. The molecule has 1 amide bonds. The fourth-order valence-electron chi connectivity index (χ4n) is 2.15. The lowest BCUT2D eigenvalue weighted by molar-refractivity contribution is -0.120. The number of hydrogen-bond acceptors (Lipinski definition) is 3. The molecule has 2 rings (SSSR count). The highest BCUT2D eigenvalue weighted by molar-refractivity contribution is 5.93. The van der Waals surface area contributed by atoms with Gasteiger partial charge in [0, 0.05) is 24.4 Å². The minimum Gasteiger partial charge on any atom is -0.497 e. The number of nitrogens with one attached hydrogen (secondary N) is 2. The fraction of sp³-hybridized carbons (Fsp3) is 0.462. The summed E-state index contributed by atoms with van der Waals surface area (Å²) in [5.41, 5.74) is 0.427. The number of hydrogen-bond donors (Lipinski definition) is 2. The second kappa shape index (κ2) is 5.35. The Morgan fingerprint density at radius 3 is 2.83 bits per heavy atom. The van der Waals surface area contributed by atoms with Crippen molar-refractivity contribution in [1.82, 2.24) is 5.32 Å². The zero-order chi connectivity index (χ0) is 13.1. The third-order valence-electron chi connectivity index (χ3n) is 3.23. The predicted octanol–water partition coefficient (Wildman–Crippen LogP) is 1.63. The van der Waals surface area contributed by atoms with E-state index in [4.69, 9.17) is 4.74 Å². The van der Waals surface area contributed by atoms with Crippen molar-refractivity contribution in [2.45, 2.75) is 6.92 Å². The Morgan fingerprint density at radius 1 is 1.44 bits per heavy atom. The number of carbonyl (C=O) groups excluding carboxylic acids is 1. The van der Waals surface area contributed by atoms with E-state index >= 15 is 0 Å². The number of carbonyl (C=O) groups is 1. The number of ether oxygens (including phenoxy) is 1. The number of anilines is 1. The van der Waals surface area contributed by atoms with E-state index in [0.717, 1.165) is 6.54 Å². The molecule has 1 aliphatic rings. The summed E-state index contributed by atoms with van der Waals surface area (Å²) in [4.78, 5) is 12.0. The van der Waals surface area contributed by atoms with Gasteiger partial charge in [-0.15, -0.1) is 0 Å². The first-order valence-corrected chi connectivity index (χ1v) is 5.96. The molecule has 18 heavy (non-hydrogen) atoms. The average molecular weight is 252 g/mol. The Hall–Kier alpha value is -1.62. The summed E-state index contributed by atoms with van der Waals surface area (Å²) < 4.78 is 18.2. The molecule has 0 saturated carbocycles. The van der Waals surface area contributed by atoms with Crippen LogP contribution in [0.15, 0.2) is 18.2 Å². The molecule has 2 N–H and O–H groups in total. The number of methoxy groups -OCH3 is 1. The lowest BCUT2D eigenvalue weighted by Gasteiger charge is -2.14. The summed E-state index contributed by atoms with van der Waals surface area (Å²) in [6.45, 7) is 3.53. The van der Waals surface area contributed by atoms with Gasteiger partial charge >= 0.3 is 0 Å². The standard InChI is InChI=1S/C13H17FN2O2/c1-8-6-15-7-12(8)13(17)16-10-3-9(14)4-11(5-10)18-2/h3-5,8,12,15H,6-7H2,1-2H3,(H,16,17). The van der Waals surface area contributed by atoms with Crippen molar-refractivity contribution in [3.05, 3.63) is 24.0 Å². The van der Waals surface area contributed by atoms with Gasteiger partial charge in [-0.1, -0.05) is 6.92 Å². The van der Waals surface area contributed by atoms with E-state index in [-0.39, 0.29) is 11.8 Å². The first-order valence-electron chi connectivity index (χ1n) is 5.96. The molecule has 1 aliphatic heterocycles. The molecule has 1 saturated heterocycles. The summed E-state index contributed by atoms with van der Waals surface area (Å²) in [7, 11) is 1.46. The lowest BCUT2D eigenvalue weighted by atomic mass is 9.97. The third kappa shape index (κ3) is 2.79. The van der Waals surface area contributed by atoms with Crippen LogP contribution in [0.2, 0.25) is 0 Å². The molecule has 4 nitrogen and oxygen atoms in total. The number of rotatable bonds is 3. The van der Waals surface area contributed by atoms with E-state index in [1.807, 2.05) is 6.92 Å². The van der Waals surface area contributed by atoms with Crippen LogP contribution in [-0.4, -0.2) is 26.1 Å². The van der Waals surface area contributed by atoms with E-state index < -0.39 is 5.82 Å². The maximum atomic E-state index is 13.3. The maximum Gasteiger partial charge on any atom is 0.229 e. The Bertz CT molecular complexity index is 451. The summed E-state index contributed by atoms with van der Waals surface area (Å²) in [6.07, 6.45) is 0. The second-order valence-electron chi connectivity index (χ2n) is 4.61. The van der Waals surface area contributed by atoms with Crippen LogP contribution in [0, 0.1) is 17.7 Å². The van der Waals surface area contributed by atoms with Gasteiger partial charge in [0.05, 0.1) is 13.0 Å². The molecule has 2 unspecified atom stereocenters. The summed E-state index contributed by atoms with van der Waals surface area (Å²) in [5.74, 6) is 0.102. The average Bonchev–Trinajstić information content (AvgIpc) is 2.74. The van der Waals surface area contributed by atoms with Gasteiger partial charge in [-0.2, -0.15) is 0 Å². The first kappa shape index (κ1) is 12.8. The highest BCUT2D eigenvalue weighted by Crippen LogP contribution is 2.22. The van der Waals surface area contributed by atoms with Gasteiger partial charge in [0.1, 0.15) is 11.6 Å². The van der Waals surface area contributed by atoms with E-state index in [0.29, 0.717) is 23.9 Å². The van der Waals surface area contributed by atoms with Crippen molar-refractivity contribution in [2.24, 2.45) is 11.8 Å². The van der Waals surface area contributed by atoms with Crippen LogP contribution in [0.1, 0.15) is 6.92 Å². The largest absolute Gasteiger partial charge is 0.497 e. The number of amides is 1. The Labute approximate surface area is 106 Å². The summed E-state index contributed by atoms with van der Waals surface area (Å²) in [5, 5.41) is 5.89. The molecule has 1 aromatic carbocycles. The van der Waals surface area contributed by atoms with Gasteiger partial charge in [0.15, 0.2) is 0 Å². The normalized spacial score (nSPS) is 22.8. The Balaban J connectivity index is 2.09. The molecule has 1 fully saturated rings. The minimum absolute atomic E-state index is 0.0701. The molecule has 98 valence electrons. The van der Waals surface area contributed by atoms with Gasteiger partial charge in [-0.25, -0.2) is 4.39 Å². The van der Waals surface area contributed by atoms with Crippen LogP contribution in [0.3, 0.4) is 0 Å². The van der Waals surface area contributed by atoms with Crippen molar-refractivity contribution < 1.29 is 13.9 Å². The molecule has 1 heterocycles. The zero-order valence-electron chi connectivity index (χ0n) is 10.5. The molecule has 0 aromatic heterocycles. The summed E-state index contributed by atoms with van der Waals surface area (Å²) in [6, 6.07) is 4.16. The van der Waals surface area contributed by atoms with Crippen molar-refractivity contribution in [2.75, 3.05) is 25.5 Å². The minimum atomic E-state index is -0.428. The molecule has 0 aliphatic carbocycles. The quantitative estimate of drug-likeness (QED) is 0.859. The van der Waals surface area contributed by atoms with E-state index in [2.05, 4.69) is 10.6 Å². The van der Waals surface area contributed by atoms with Crippen LogP contribution < -0.4 is 15.4 Å². The topological polar surface area (TPSA) is 50.4 Å². The fourth-order valence-corrected chi connectivity index (χ4v) is 2.15. The molecule has 0 bridgehead atoms. The van der Waals surface area contributed by atoms with Gasteiger partial charge in [0.25, 0.3) is 0 Å². The Kier molecular flexibility index (Phi) is 3.81. The monoisotopic (exact) mass is 252 g/mol. The Morgan fingerprint density at radius 2 is 2.22 bits per heavy atom. The molecule has 0 radical (unpaired) electrons. The SMILES string of the molecule is COc1cc(F)cc(NC(=O)C2CNCC2C)c1. The third-order valence-corrected chi connectivity index (χ3v) is 3.23. The highest BCUT2D eigenvalue weighted by Gasteiger charge is 2.29. The summed E-state index contributed by atoms with van der Waals surface area (Å²) >= 11 is 0. The molecular formula is C13H17FN2O2. The smallest absolute Gasteiger partial charge is 0.229 e. The van der Waals surface area contributed by atoms with Crippen molar-refractivity contribution in [3.8, 4) is 5.75 Å². The van der Waals surface area contributed by atoms with E-state index in [1.165, 1.54) is 19.2 Å². The molecule has 0 spiro atoms. The van der Waals surface area contributed by atoms with E-state index in [1.54, 1.807) is 6.07 Å². The van der Waals surface area contributed by atoms with Crippen LogP contribution in [0.25, 0.3) is 0 Å². The second-order valence-corrected chi connectivity index (χ2v) is 4.61. The van der Waals surface area contributed by atoms with Crippen molar-refractivity contribution >= 4 is 11.6 Å². The highest BCUT2D eigenvalue weighted by atomic mass is 19.1. The zero-order valence-corrected chi connectivity index (χ0v) is 10.5.